The average molecular weight is 502 g/mol. The van der Waals surface area contributed by atoms with Gasteiger partial charge in [-0.2, -0.15) is 0 Å². The van der Waals surface area contributed by atoms with Crippen molar-refractivity contribution in [2.45, 2.75) is 52.5 Å². The van der Waals surface area contributed by atoms with Gasteiger partial charge in [0.2, 0.25) is 11.8 Å². The molecule has 0 aliphatic heterocycles. The second kappa shape index (κ2) is 24.1. The van der Waals surface area contributed by atoms with Gasteiger partial charge < -0.3 is 41.2 Å². The molecule has 0 saturated carbocycles. The number of nitrogens with one attached hydrogen (secondary N) is 4. The molecule has 0 spiro atoms. The van der Waals surface area contributed by atoms with E-state index in [1.807, 2.05) is 13.8 Å². The molecule has 0 rings (SSSR count). The van der Waals surface area contributed by atoms with E-state index in [1.54, 1.807) is 0 Å². The van der Waals surface area contributed by atoms with E-state index in [0.717, 1.165) is 65.2 Å². The highest BCUT2D eigenvalue weighted by Crippen LogP contribution is 2.02. The zero-order chi connectivity index (χ0) is 26.2. The van der Waals surface area contributed by atoms with Crippen LogP contribution in [0.3, 0.4) is 0 Å². The summed E-state index contributed by atoms with van der Waals surface area (Å²) >= 11 is 0. The van der Waals surface area contributed by atoms with E-state index in [0.29, 0.717) is 33.0 Å². The van der Waals surface area contributed by atoms with Crippen LogP contribution in [0.2, 0.25) is 0 Å². The number of nitrogens with two attached hydrogens (primary N) is 1. The Morgan fingerprint density at radius 1 is 0.743 bits per heavy atom. The van der Waals surface area contributed by atoms with E-state index < -0.39 is 11.9 Å². The molecule has 6 N–H and O–H groups in total. The maximum Gasteiger partial charge on any atom is 0.240 e. The fraction of sp³-hybridized carbons (Fsp3) is 0.840. The highest BCUT2D eigenvalue weighted by atomic mass is 16.5. The van der Waals surface area contributed by atoms with Gasteiger partial charge in [-0.15, -0.1) is 0 Å². The van der Waals surface area contributed by atoms with Gasteiger partial charge in [-0.05, 0) is 38.3 Å². The summed E-state index contributed by atoms with van der Waals surface area (Å²) in [5.41, 5.74) is 6.54. The van der Waals surface area contributed by atoms with Gasteiger partial charge in [0.05, 0.1) is 33.0 Å². The molecule has 0 unspecified atom stereocenters. The summed E-state index contributed by atoms with van der Waals surface area (Å²) in [6.07, 6.45) is 3.22. The molecule has 0 bridgehead atoms. The van der Waals surface area contributed by atoms with Crippen LogP contribution in [0.4, 0.5) is 0 Å². The molecule has 0 aromatic rings. The van der Waals surface area contributed by atoms with E-state index >= 15 is 0 Å². The Balaban J connectivity index is 3.35. The first-order chi connectivity index (χ1) is 16.9. The van der Waals surface area contributed by atoms with Crippen molar-refractivity contribution in [1.29, 1.82) is 0 Å². The maximum atomic E-state index is 11.8. The SMILES string of the molecule is C=C(CCNCCOCCC)CCNCCOCCNCCOCCC(=O)N[C@H](C(N)=O)C(C)C. The molecule has 0 aromatic carbocycles. The van der Waals surface area contributed by atoms with Gasteiger partial charge in [0.25, 0.3) is 0 Å². The minimum Gasteiger partial charge on any atom is -0.380 e. The Bertz CT molecular complexity index is 548. The smallest absolute Gasteiger partial charge is 0.240 e. The average Bonchev–Trinajstić information content (AvgIpc) is 2.81. The van der Waals surface area contributed by atoms with Crippen molar-refractivity contribution >= 4 is 11.8 Å². The number of carbonyl (C=O) groups excluding carboxylic acids is 2. The molecular weight excluding hydrogens is 450 g/mol. The molecule has 0 saturated heterocycles. The first-order valence-electron chi connectivity index (χ1n) is 13.0. The van der Waals surface area contributed by atoms with E-state index in [2.05, 4.69) is 34.8 Å². The zero-order valence-corrected chi connectivity index (χ0v) is 22.3. The third-order valence-corrected chi connectivity index (χ3v) is 5.11. The zero-order valence-electron chi connectivity index (χ0n) is 22.3. The van der Waals surface area contributed by atoms with E-state index in [9.17, 15) is 9.59 Å². The first-order valence-corrected chi connectivity index (χ1v) is 13.0. The predicted octanol–water partition coefficient (Wildman–Crippen LogP) is 0.568. The summed E-state index contributed by atoms with van der Waals surface area (Å²) in [4.78, 5) is 23.1. The molecular formula is C25H51N5O5. The summed E-state index contributed by atoms with van der Waals surface area (Å²) < 4.78 is 16.5. The molecule has 0 aliphatic carbocycles. The van der Waals surface area contributed by atoms with Crippen molar-refractivity contribution in [2.24, 2.45) is 11.7 Å². The summed E-state index contributed by atoms with van der Waals surface area (Å²) in [6, 6.07) is -0.646. The number of amides is 2. The van der Waals surface area contributed by atoms with Gasteiger partial charge >= 0.3 is 0 Å². The summed E-state index contributed by atoms with van der Waals surface area (Å²) in [6.45, 7) is 18.6. The van der Waals surface area contributed by atoms with Crippen molar-refractivity contribution in [2.75, 3.05) is 78.9 Å². The molecule has 0 fully saturated rings. The molecule has 10 heteroatoms. The van der Waals surface area contributed by atoms with Crippen LogP contribution < -0.4 is 27.0 Å². The van der Waals surface area contributed by atoms with Crippen LogP contribution in [-0.4, -0.2) is 96.8 Å². The fourth-order valence-corrected chi connectivity index (χ4v) is 3.04. The molecule has 35 heavy (non-hydrogen) atoms. The van der Waals surface area contributed by atoms with Crippen LogP contribution >= 0.6 is 0 Å². The molecule has 0 aromatic heterocycles. The standard InChI is InChI=1S/C25H51N5O5/c1-5-15-33-17-11-27-9-6-22(4)7-10-28-12-19-35-20-14-29-13-18-34-16-8-23(31)30-24(21(2)3)25(26)32/h21,24,27-29H,4-20H2,1-3H3,(H2,26,32)(H,30,31)/t24-/m0/s1. The quantitative estimate of drug-likeness (QED) is 0.0857. The van der Waals surface area contributed by atoms with Crippen molar-refractivity contribution in [1.82, 2.24) is 21.3 Å². The van der Waals surface area contributed by atoms with E-state index in [4.69, 9.17) is 19.9 Å². The highest BCUT2D eigenvalue weighted by molar-refractivity contribution is 5.86. The summed E-state index contributed by atoms with van der Waals surface area (Å²) in [7, 11) is 0. The van der Waals surface area contributed by atoms with Gasteiger partial charge in [-0.25, -0.2) is 0 Å². The number of rotatable bonds is 26. The number of hydrogen-bond acceptors (Lipinski definition) is 8. The number of ether oxygens (including phenoxy) is 3. The monoisotopic (exact) mass is 501 g/mol. The normalized spacial score (nSPS) is 12.1. The lowest BCUT2D eigenvalue weighted by molar-refractivity contribution is -0.128. The van der Waals surface area contributed by atoms with Gasteiger partial charge in [0.1, 0.15) is 6.04 Å². The minimum absolute atomic E-state index is 0.0431. The Kier molecular flexibility index (Phi) is 23.1. The molecule has 2 amide bonds. The van der Waals surface area contributed by atoms with Crippen molar-refractivity contribution in [3.63, 3.8) is 0 Å². The first kappa shape index (κ1) is 33.4. The Morgan fingerprint density at radius 2 is 1.20 bits per heavy atom. The second-order valence-corrected chi connectivity index (χ2v) is 8.78. The molecule has 0 radical (unpaired) electrons. The van der Waals surface area contributed by atoms with Gasteiger partial charge in [-0.1, -0.05) is 32.9 Å². The van der Waals surface area contributed by atoms with Crippen LogP contribution in [0, 0.1) is 5.92 Å². The van der Waals surface area contributed by atoms with Crippen LogP contribution in [-0.2, 0) is 23.8 Å². The third kappa shape index (κ3) is 22.6. The Labute approximate surface area is 212 Å². The van der Waals surface area contributed by atoms with Crippen molar-refractivity contribution < 1.29 is 23.8 Å². The van der Waals surface area contributed by atoms with Crippen LogP contribution in [0.1, 0.15) is 46.5 Å². The van der Waals surface area contributed by atoms with E-state index in [-0.39, 0.29) is 18.2 Å². The number of primary amides is 1. The van der Waals surface area contributed by atoms with Crippen LogP contribution in [0.5, 0.6) is 0 Å². The summed E-state index contributed by atoms with van der Waals surface area (Å²) in [5.74, 6) is -0.799. The molecule has 0 heterocycles. The minimum atomic E-state index is -0.646. The Hall–Kier alpha value is -1.56. The number of carbonyl (C=O) groups is 2. The third-order valence-electron chi connectivity index (χ3n) is 5.11. The maximum absolute atomic E-state index is 11.8. The Morgan fingerprint density at radius 3 is 1.66 bits per heavy atom. The fourth-order valence-electron chi connectivity index (χ4n) is 3.04. The van der Waals surface area contributed by atoms with Gasteiger partial charge in [0.15, 0.2) is 0 Å². The largest absolute Gasteiger partial charge is 0.380 e. The van der Waals surface area contributed by atoms with Crippen LogP contribution in [0.15, 0.2) is 12.2 Å². The van der Waals surface area contributed by atoms with Crippen molar-refractivity contribution in [3.05, 3.63) is 12.2 Å². The summed E-state index contributed by atoms with van der Waals surface area (Å²) in [5, 5.41) is 12.6. The molecule has 10 nitrogen and oxygen atoms in total. The van der Waals surface area contributed by atoms with Crippen molar-refractivity contribution in [3.8, 4) is 0 Å². The van der Waals surface area contributed by atoms with E-state index in [1.165, 1.54) is 5.57 Å². The number of hydrogen-bond donors (Lipinski definition) is 5. The van der Waals surface area contributed by atoms with Gasteiger partial charge in [-0.3, -0.25) is 9.59 Å². The lowest BCUT2D eigenvalue weighted by atomic mass is 10.0. The molecule has 1 atom stereocenters. The van der Waals surface area contributed by atoms with Gasteiger partial charge in [0, 0.05) is 39.2 Å². The van der Waals surface area contributed by atoms with Crippen LogP contribution in [0.25, 0.3) is 0 Å². The molecule has 0 aliphatic rings. The topological polar surface area (TPSA) is 136 Å². The highest BCUT2D eigenvalue weighted by Gasteiger charge is 2.21. The predicted molar refractivity (Wildman–Crippen MR) is 140 cm³/mol. The lowest BCUT2D eigenvalue weighted by Crippen LogP contribution is -2.47. The molecule has 206 valence electrons. The second-order valence-electron chi connectivity index (χ2n) is 8.78. The lowest BCUT2D eigenvalue weighted by Gasteiger charge is -2.18.